The van der Waals surface area contributed by atoms with Gasteiger partial charge in [-0.05, 0) is 24.6 Å². The van der Waals surface area contributed by atoms with Crippen molar-refractivity contribution in [2.24, 2.45) is 10.7 Å². The van der Waals surface area contributed by atoms with E-state index in [-0.39, 0.29) is 0 Å². The number of nitrogens with zero attached hydrogens (tertiary/aromatic N) is 2. The van der Waals surface area contributed by atoms with E-state index in [1.165, 1.54) is 5.56 Å². The predicted molar refractivity (Wildman–Crippen MR) is 68.5 cm³/mol. The fourth-order valence-electron chi connectivity index (χ4n) is 1.12. The highest BCUT2D eigenvalue weighted by molar-refractivity contribution is 5.94. The van der Waals surface area contributed by atoms with Crippen molar-refractivity contribution < 1.29 is 0 Å². The maximum Gasteiger partial charge on any atom is 0.195 e. The summed E-state index contributed by atoms with van der Waals surface area (Å²) in [6, 6.07) is 8.13. The van der Waals surface area contributed by atoms with Crippen LogP contribution in [0.3, 0.4) is 0 Å². The molecule has 0 aliphatic carbocycles. The zero-order chi connectivity index (χ0) is 11.8. The third kappa shape index (κ3) is 4.02. The van der Waals surface area contributed by atoms with Crippen molar-refractivity contribution in [1.29, 1.82) is 0 Å². The van der Waals surface area contributed by atoms with Crippen molar-refractivity contribution in [3.63, 3.8) is 0 Å². The molecule has 0 amide bonds. The minimum Gasteiger partial charge on any atom is -0.370 e. The van der Waals surface area contributed by atoms with Crippen LogP contribution in [0.5, 0.6) is 0 Å². The summed E-state index contributed by atoms with van der Waals surface area (Å²) in [7, 11) is 3.58. The molecule has 3 nitrogen and oxygen atoms in total. The molecule has 84 valence electrons. The lowest BCUT2D eigenvalue weighted by Crippen LogP contribution is -2.33. The van der Waals surface area contributed by atoms with Crippen molar-refractivity contribution in [1.82, 2.24) is 0 Å². The molecular formula is C12H21N3. The summed E-state index contributed by atoms with van der Waals surface area (Å²) in [6.45, 7) is 6.05. The molecule has 0 bridgehead atoms. The van der Waals surface area contributed by atoms with Crippen LogP contribution in [0.2, 0.25) is 0 Å². The molecule has 1 rings (SSSR count). The molecule has 0 heterocycles. The SMILES string of the molecule is CC.CN=C(N)N(C)c1cccc(C)c1. The van der Waals surface area contributed by atoms with E-state index in [1.54, 1.807) is 7.05 Å². The van der Waals surface area contributed by atoms with Gasteiger partial charge in [0.05, 0.1) is 0 Å². The number of hydrogen-bond acceptors (Lipinski definition) is 1. The molecule has 15 heavy (non-hydrogen) atoms. The van der Waals surface area contributed by atoms with Crippen LogP contribution in [-0.2, 0) is 0 Å². The summed E-state index contributed by atoms with van der Waals surface area (Å²) in [5, 5.41) is 0. The highest BCUT2D eigenvalue weighted by Crippen LogP contribution is 2.13. The lowest BCUT2D eigenvalue weighted by molar-refractivity contribution is 1.19. The van der Waals surface area contributed by atoms with Crippen LogP contribution >= 0.6 is 0 Å². The van der Waals surface area contributed by atoms with E-state index in [0.717, 1.165) is 5.69 Å². The van der Waals surface area contributed by atoms with Crippen LogP contribution in [0, 0.1) is 6.92 Å². The molecule has 3 heteroatoms. The fraction of sp³-hybridized carbons (Fsp3) is 0.417. The Morgan fingerprint density at radius 1 is 1.33 bits per heavy atom. The summed E-state index contributed by atoms with van der Waals surface area (Å²) < 4.78 is 0. The molecule has 1 aromatic carbocycles. The zero-order valence-electron chi connectivity index (χ0n) is 10.3. The van der Waals surface area contributed by atoms with Crippen molar-refractivity contribution in [2.45, 2.75) is 20.8 Å². The van der Waals surface area contributed by atoms with E-state index in [1.807, 2.05) is 37.9 Å². The van der Waals surface area contributed by atoms with Gasteiger partial charge in [0.2, 0.25) is 0 Å². The van der Waals surface area contributed by atoms with E-state index in [2.05, 4.69) is 24.0 Å². The second-order valence-corrected chi connectivity index (χ2v) is 2.98. The first-order valence-corrected chi connectivity index (χ1v) is 5.18. The van der Waals surface area contributed by atoms with Gasteiger partial charge < -0.3 is 10.6 Å². The fourth-order valence-corrected chi connectivity index (χ4v) is 1.12. The van der Waals surface area contributed by atoms with Crippen LogP contribution in [0.1, 0.15) is 19.4 Å². The second-order valence-electron chi connectivity index (χ2n) is 2.98. The van der Waals surface area contributed by atoms with Crippen LogP contribution < -0.4 is 10.6 Å². The molecule has 0 aliphatic rings. The molecular weight excluding hydrogens is 186 g/mol. The Kier molecular flexibility index (Phi) is 6.18. The largest absolute Gasteiger partial charge is 0.370 e. The quantitative estimate of drug-likeness (QED) is 0.567. The van der Waals surface area contributed by atoms with E-state index in [4.69, 9.17) is 5.73 Å². The van der Waals surface area contributed by atoms with Gasteiger partial charge in [0.1, 0.15) is 0 Å². The van der Waals surface area contributed by atoms with Crippen LogP contribution in [0.15, 0.2) is 29.3 Å². The molecule has 0 radical (unpaired) electrons. The maximum absolute atomic E-state index is 5.67. The lowest BCUT2D eigenvalue weighted by atomic mass is 10.2. The van der Waals surface area contributed by atoms with Gasteiger partial charge in [-0.2, -0.15) is 0 Å². The molecule has 0 saturated carbocycles. The van der Waals surface area contributed by atoms with E-state index in [0.29, 0.717) is 5.96 Å². The number of aliphatic imine (C=N–C) groups is 1. The summed E-state index contributed by atoms with van der Waals surface area (Å²) in [5.74, 6) is 0.519. The molecule has 0 unspecified atom stereocenters. The lowest BCUT2D eigenvalue weighted by Gasteiger charge is -2.17. The number of hydrogen-bond donors (Lipinski definition) is 1. The molecule has 0 spiro atoms. The average molecular weight is 207 g/mol. The maximum atomic E-state index is 5.67. The third-order valence-electron chi connectivity index (χ3n) is 1.96. The molecule has 1 aromatic rings. The van der Waals surface area contributed by atoms with E-state index >= 15 is 0 Å². The van der Waals surface area contributed by atoms with Crippen LogP contribution in [0.25, 0.3) is 0 Å². The van der Waals surface area contributed by atoms with Gasteiger partial charge in [0, 0.05) is 19.8 Å². The standard InChI is InChI=1S/C10H15N3.C2H6/c1-8-5-4-6-9(7-8)13(3)10(11)12-2;1-2/h4-7H,1-3H3,(H2,11,12);1-2H3. The Bertz CT molecular complexity index is 318. The van der Waals surface area contributed by atoms with E-state index in [9.17, 15) is 0 Å². The molecule has 0 fully saturated rings. The summed E-state index contributed by atoms with van der Waals surface area (Å²) >= 11 is 0. The van der Waals surface area contributed by atoms with Crippen molar-refractivity contribution in [3.05, 3.63) is 29.8 Å². The highest BCUT2D eigenvalue weighted by atomic mass is 15.2. The number of benzene rings is 1. The summed E-state index contributed by atoms with van der Waals surface area (Å²) in [5.41, 5.74) is 7.95. The Balaban J connectivity index is 0.000000921. The summed E-state index contributed by atoms with van der Waals surface area (Å²) in [6.07, 6.45) is 0. The first-order valence-electron chi connectivity index (χ1n) is 5.18. The Morgan fingerprint density at radius 2 is 1.93 bits per heavy atom. The summed E-state index contributed by atoms with van der Waals surface area (Å²) in [4.78, 5) is 5.77. The first kappa shape index (κ1) is 13.5. The van der Waals surface area contributed by atoms with Crippen molar-refractivity contribution in [2.75, 3.05) is 19.0 Å². The Morgan fingerprint density at radius 3 is 2.40 bits per heavy atom. The first-order chi connectivity index (χ1) is 7.15. The second kappa shape index (κ2) is 6.87. The molecule has 0 aromatic heterocycles. The zero-order valence-corrected chi connectivity index (χ0v) is 10.3. The number of aryl methyl sites for hydroxylation is 1. The van der Waals surface area contributed by atoms with Gasteiger partial charge in [0.25, 0.3) is 0 Å². The number of anilines is 1. The van der Waals surface area contributed by atoms with Crippen molar-refractivity contribution >= 4 is 11.6 Å². The van der Waals surface area contributed by atoms with Gasteiger partial charge in [-0.1, -0.05) is 26.0 Å². The minimum atomic E-state index is 0.519. The smallest absolute Gasteiger partial charge is 0.195 e. The third-order valence-corrected chi connectivity index (χ3v) is 1.96. The van der Waals surface area contributed by atoms with Crippen LogP contribution in [0.4, 0.5) is 5.69 Å². The molecule has 2 N–H and O–H groups in total. The highest BCUT2D eigenvalue weighted by Gasteiger charge is 2.02. The van der Waals surface area contributed by atoms with Crippen LogP contribution in [-0.4, -0.2) is 20.1 Å². The Labute approximate surface area is 92.6 Å². The van der Waals surface area contributed by atoms with Gasteiger partial charge >= 0.3 is 0 Å². The van der Waals surface area contributed by atoms with Gasteiger partial charge in [-0.15, -0.1) is 0 Å². The minimum absolute atomic E-state index is 0.519. The molecule has 0 saturated heterocycles. The number of guanidine groups is 1. The average Bonchev–Trinajstić information content (AvgIpc) is 2.29. The number of nitrogens with two attached hydrogens (primary N) is 1. The molecule has 0 aliphatic heterocycles. The van der Waals surface area contributed by atoms with Gasteiger partial charge in [0.15, 0.2) is 5.96 Å². The molecule has 0 atom stereocenters. The normalized spacial score (nSPS) is 10.3. The van der Waals surface area contributed by atoms with Crippen molar-refractivity contribution in [3.8, 4) is 0 Å². The number of rotatable bonds is 1. The monoisotopic (exact) mass is 207 g/mol. The van der Waals surface area contributed by atoms with E-state index < -0.39 is 0 Å². The Hall–Kier alpha value is -1.51. The topological polar surface area (TPSA) is 41.6 Å². The van der Waals surface area contributed by atoms with Gasteiger partial charge in [-0.3, -0.25) is 4.99 Å². The predicted octanol–water partition coefficient (Wildman–Crippen LogP) is 2.40. The van der Waals surface area contributed by atoms with Gasteiger partial charge in [-0.25, -0.2) is 0 Å².